The lowest BCUT2D eigenvalue weighted by Crippen LogP contribution is -2.30. The van der Waals surface area contributed by atoms with Crippen molar-refractivity contribution in [1.82, 2.24) is 0 Å². The zero-order chi connectivity index (χ0) is 14.7. The lowest BCUT2D eigenvalue weighted by molar-refractivity contribution is 0.0898. The molecule has 2 unspecified atom stereocenters. The molecule has 0 bridgehead atoms. The highest BCUT2D eigenvalue weighted by Crippen LogP contribution is 2.35. The Kier molecular flexibility index (Phi) is 4.84. The van der Waals surface area contributed by atoms with Crippen LogP contribution in [0.15, 0.2) is 36.4 Å². The van der Waals surface area contributed by atoms with E-state index in [1.165, 1.54) is 48.4 Å². The van der Waals surface area contributed by atoms with Gasteiger partial charge >= 0.3 is 0 Å². The van der Waals surface area contributed by atoms with Crippen LogP contribution in [-0.4, -0.2) is 6.10 Å². The van der Waals surface area contributed by atoms with Crippen LogP contribution in [0.5, 0.6) is 5.75 Å². The monoisotopic (exact) mass is 346 g/mol. The maximum absolute atomic E-state index is 6.46. The van der Waals surface area contributed by atoms with Crippen LogP contribution in [0.25, 0.3) is 10.8 Å². The fourth-order valence-corrected chi connectivity index (χ4v) is 4.10. The highest BCUT2D eigenvalue weighted by Gasteiger charge is 2.26. The Morgan fingerprint density at radius 2 is 1.90 bits per heavy atom. The van der Waals surface area contributed by atoms with Crippen molar-refractivity contribution >= 4 is 26.7 Å². The summed E-state index contributed by atoms with van der Waals surface area (Å²) in [6, 6.07) is 12.9. The molecule has 0 aromatic heterocycles. The first-order valence-corrected chi connectivity index (χ1v) is 9.19. The second kappa shape index (κ2) is 6.83. The number of halogens is 1. The van der Waals surface area contributed by atoms with Gasteiger partial charge in [0, 0.05) is 10.9 Å². The van der Waals surface area contributed by atoms with E-state index in [0.29, 0.717) is 12.0 Å². The third-order valence-corrected chi connectivity index (χ3v) is 5.33. The number of alkyl halides is 1. The van der Waals surface area contributed by atoms with Crippen LogP contribution in [0.4, 0.5) is 0 Å². The second-order valence-corrected chi connectivity index (χ2v) is 6.57. The Morgan fingerprint density at radius 1 is 1.10 bits per heavy atom. The molecule has 112 valence electrons. The molecule has 1 aliphatic rings. The zero-order valence-electron chi connectivity index (χ0n) is 12.6. The van der Waals surface area contributed by atoms with Crippen LogP contribution >= 0.6 is 15.9 Å². The minimum Gasteiger partial charge on any atom is -0.490 e. The number of ether oxygens (including phenoxy) is 1. The molecule has 1 nitrogen and oxygen atoms in total. The molecular formula is C19H23BrO. The molecule has 0 spiro atoms. The van der Waals surface area contributed by atoms with E-state index in [-0.39, 0.29) is 0 Å². The number of hydrogen-bond acceptors (Lipinski definition) is 1. The lowest BCUT2D eigenvalue weighted by Gasteiger charge is -2.32. The average molecular weight is 347 g/mol. The van der Waals surface area contributed by atoms with Crippen LogP contribution in [0.3, 0.4) is 0 Å². The van der Waals surface area contributed by atoms with Gasteiger partial charge in [-0.3, -0.25) is 0 Å². The van der Waals surface area contributed by atoms with Gasteiger partial charge in [0.2, 0.25) is 0 Å². The standard InChI is InChI=1S/C19H23BrO/c1-2-14-7-4-6-10-18(14)21-19-12-11-15-8-3-5-9-16(15)17(19)13-20/h3,5,8-9,11-12,14,18H,2,4,6-7,10,13H2,1H3. The van der Waals surface area contributed by atoms with Crippen molar-refractivity contribution in [3.8, 4) is 5.75 Å². The quantitative estimate of drug-likeness (QED) is 0.609. The Hall–Kier alpha value is -1.02. The molecule has 0 radical (unpaired) electrons. The molecule has 0 saturated heterocycles. The summed E-state index contributed by atoms with van der Waals surface area (Å²) in [5, 5.41) is 3.43. The van der Waals surface area contributed by atoms with Crippen molar-refractivity contribution in [3.05, 3.63) is 42.0 Å². The molecule has 0 aliphatic heterocycles. The maximum Gasteiger partial charge on any atom is 0.124 e. The number of benzene rings is 2. The van der Waals surface area contributed by atoms with Crippen molar-refractivity contribution < 1.29 is 4.74 Å². The van der Waals surface area contributed by atoms with Gasteiger partial charge in [0.05, 0.1) is 0 Å². The molecule has 1 saturated carbocycles. The molecule has 2 aromatic carbocycles. The lowest BCUT2D eigenvalue weighted by atomic mass is 9.84. The van der Waals surface area contributed by atoms with Crippen molar-refractivity contribution in [2.45, 2.75) is 50.5 Å². The van der Waals surface area contributed by atoms with Gasteiger partial charge in [-0.05, 0) is 48.4 Å². The van der Waals surface area contributed by atoms with Crippen molar-refractivity contribution in [3.63, 3.8) is 0 Å². The van der Waals surface area contributed by atoms with Crippen molar-refractivity contribution in [1.29, 1.82) is 0 Å². The largest absolute Gasteiger partial charge is 0.490 e. The Balaban J connectivity index is 1.92. The van der Waals surface area contributed by atoms with Gasteiger partial charge in [-0.25, -0.2) is 0 Å². The summed E-state index contributed by atoms with van der Waals surface area (Å²) in [5.41, 5.74) is 1.29. The second-order valence-electron chi connectivity index (χ2n) is 6.01. The van der Waals surface area contributed by atoms with Gasteiger partial charge in [0.25, 0.3) is 0 Å². The Labute approximate surface area is 135 Å². The molecule has 0 heterocycles. The smallest absolute Gasteiger partial charge is 0.124 e. The van der Waals surface area contributed by atoms with Gasteiger partial charge in [-0.2, -0.15) is 0 Å². The summed E-state index contributed by atoms with van der Waals surface area (Å²) in [6.07, 6.45) is 6.80. The van der Waals surface area contributed by atoms with Crippen LogP contribution in [0.2, 0.25) is 0 Å². The summed E-state index contributed by atoms with van der Waals surface area (Å²) in [5.74, 6) is 1.78. The van der Waals surface area contributed by atoms with E-state index in [9.17, 15) is 0 Å². The fraction of sp³-hybridized carbons (Fsp3) is 0.474. The van der Waals surface area contributed by atoms with E-state index in [1.54, 1.807) is 0 Å². The summed E-state index contributed by atoms with van der Waals surface area (Å²) < 4.78 is 6.46. The minimum absolute atomic E-state index is 0.391. The zero-order valence-corrected chi connectivity index (χ0v) is 14.2. The highest BCUT2D eigenvalue weighted by molar-refractivity contribution is 9.08. The Bertz CT molecular complexity index is 608. The maximum atomic E-state index is 6.46. The molecule has 2 atom stereocenters. The van der Waals surface area contributed by atoms with Gasteiger partial charge in [0.1, 0.15) is 11.9 Å². The summed E-state index contributed by atoms with van der Waals surface area (Å²) >= 11 is 3.65. The van der Waals surface area contributed by atoms with Crippen LogP contribution in [0, 0.1) is 5.92 Å². The number of fused-ring (bicyclic) bond motifs is 1. The molecular weight excluding hydrogens is 324 g/mol. The van der Waals surface area contributed by atoms with Crippen LogP contribution < -0.4 is 4.74 Å². The summed E-state index contributed by atoms with van der Waals surface area (Å²) in [6.45, 7) is 2.29. The average Bonchev–Trinajstić information content (AvgIpc) is 2.55. The van der Waals surface area contributed by atoms with E-state index < -0.39 is 0 Å². The van der Waals surface area contributed by atoms with E-state index in [0.717, 1.165) is 11.1 Å². The first-order valence-electron chi connectivity index (χ1n) is 8.06. The molecule has 1 aliphatic carbocycles. The normalized spacial score (nSPS) is 22.4. The summed E-state index contributed by atoms with van der Waals surface area (Å²) in [4.78, 5) is 0. The first kappa shape index (κ1) is 14.9. The van der Waals surface area contributed by atoms with E-state index in [2.05, 4.69) is 59.3 Å². The number of rotatable bonds is 4. The third kappa shape index (κ3) is 3.11. The fourth-order valence-electron chi connectivity index (χ4n) is 3.52. The van der Waals surface area contributed by atoms with Gasteiger partial charge in [-0.15, -0.1) is 0 Å². The highest BCUT2D eigenvalue weighted by atomic mass is 79.9. The molecule has 2 heteroatoms. The van der Waals surface area contributed by atoms with Crippen molar-refractivity contribution in [2.24, 2.45) is 5.92 Å². The minimum atomic E-state index is 0.391. The molecule has 0 N–H and O–H groups in total. The Morgan fingerprint density at radius 3 is 2.71 bits per heavy atom. The predicted octanol–water partition coefficient (Wildman–Crippen LogP) is 6.08. The van der Waals surface area contributed by atoms with Gasteiger partial charge in [0.15, 0.2) is 0 Å². The number of hydrogen-bond donors (Lipinski definition) is 0. The van der Waals surface area contributed by atoms with Gasteiger partial charge in [-0.1, -0.05) is 59.6 Å². The first-order chi connectivity index (χ1) is 10.3. The molecule has 3 rings (SSSR count). The SMILES string of the molecule is CCC1CCCCC1Oc1ccc2ccccc2c1CBr. The third-order valence-electron chi connectivity index (χ3n) is 4.77. The van der Waals surface area contributed by atoms with E-state index in [4.69, 9.17) is 4.74 Å². The topological polar surface area (TPSA) is 9.23 Å². The van der Waals surface area contributed by atoms with Crippen molar-refractivity contribution in [2.75, 3.05) is 0 Å². The van der Waals surface area contributed by atoms with Crippen LogP contribution in [-0.2, 0) is 5.33 Å². The molecule has 21 heavy (non-hydrogen) atoms. The molecule has 1 fully saturated rings. The molecule has 2 aromatic rings. The van der Waals surface area contributed by atoms with E-state index in [1.807, 2.05) is 0 Å². The molecule has 0 amide bonds. The van der Waals surface area contributed by atoms with Crippen LogP contribution in [0.1, 0.15) is 44.6 Å². The summed E-state index contributed by atoms with van der Waals surface area (Å²) in [7, 11) is 0. The van der Waals surface area contributed by atoms with Gasteiger partial charge < -0.3 is 4.74 Å². The van der Waals surface area contributed by atoms with E-state index >= 15 is 0 Å². The predicted molar refractivity (Wildman–Crippen MR) is 93.2 cm³/mol.